The van der Waals surface area contributed by atoms with Crippen LogP contribution in [0.3, 0.4) is 0 Å². The lowest BCUT2D eigenvalue weighted by molar-refractivity contribution is 0.0942. The minimum atomic E-state index is -0.115. The second-order valence-electron chi connectivity index (χ2n) is 4.62. The summed E-state index contributed by atoms with van der Waals surface area (Å²) in [6.45, 7) is 3.17. The Labute approximate surface area is 114 Å². The van der Waals surface area contributed by atoms with Gasteiger partial charge in [0.1, 0.15) is 0 Å². The molecule has 5 heteroatoms. The van der Waals surface area contributed by atoms with Gasteiger partial charge in [0.25, 0.3) is 5.91 Å². The highest BCUT2D eigenvalue weighted by molar-refractivity contribution is 5.94. The van der Waals surface area contributed by atoms with Crippen molar-refractivity contribution in [1.29, 1.82) is 0 Å². The monoisotopic (exact) mass is 265 g/mol. The number of rotatable bonds is 8. The van der Waals surface area contributed by atoms with Crippen LogP contribution in [-0.4, -0.2) is 29.1 Å². The van der Waals surface area contributed by atoms with E-state index in [9.17, 15) is 4.79 Å². The summed E-state index contributed by atoms with van der Waals surface area (Å²) in [5.41, 5.74) is 6.78. The minimum Gasteiger partial charge on any atom is -0.396 e. The molecule has 19 heavy (non-hydrogen) atoms. The van der Waals surface area contributed by atoms with E-state index in [0.29, 0.717) is 30.3 Å². The molecule has 0 bridgehead atoms. The van der Waals surface area contributed by atoms with Gasteiger partial charge in [-0.3, -0.25) is 9.78 Å². The van der Waals surface area contributed by atoms with Crippen molar-refractivity contribution in [3.8, 4) is 0 Å². The van der Waals surface area contributed by atoms with Gasteiger partial charge in [0.2, 0.25) is 0 Å². The van der Waals surface area contributed by atoms with Crippen molar-refractivity contribution in [3.05, 3.63) is 29.6 Å². The molecule has 5 nitrogen and oxygen atoms in total. The first-order valence-corrected chi connectivity index (χ1v) is 6.75. The lowest BCUT2D eigenvalue weighted by Crippen LogP contribution is -2.30. The van der Waals surface area contributed by atoms with Crippen LogP contribution < -0.4 is 11.1 Å². The lowest BCUT2D eigenvalue weighted by atomic mass is 10.00. The third-order valence-corrected chi connectivity index (χ3v) is 3.07. The molecule has 106 valence electrons. The number of carbonyl (C=O) groups is 1. The summed E-state index contributed by atoms with van der Waals surface area (Å²) >= 11 is 0. The van der Waals surface area contributed by atoms with Crippen molar-refractivity contribution in [1.82, 2.24) is 10.3 Å². The van der Waals surface area contributed by atoms with Gasteiger partial charge in [-0.1, -0.05) is 13.3 Å². The van der Waals surface area contributed by atoms with Crippen LogP contribution >= 0.6 is 0 Å². The summed E-state index contributed by atoms with van der Waals surface area (Å²) in [4.78, 5) is 16.0. The number of nitrogens with two attached hydrogens (primary N) is 1. The summed E-state index contributed by atoms with van der Waals surface area (Å²) in [6.07, 6.45) is 4.37. The second kappa shape index (κ2) is 8.61. The number of aliphatic hydroxyl groups is 1. The molecule has 1 aromatic heterocycles. The number of aliphatic hydroxyl groups excluding tert-OH is 1. The molecule has 0 aliphatic rings. The predicted molar refractivity (Wildman–Crippen MR) is 74.6 cm³/mol. The summed E-state index contributed by atoms with van der Waals surface area (Å²) in [5, 5.41) is 11.9. The molecule has 1 rings (SSSR count). The molecule has 0 radical (unpaired) electrons. The second-order valence-corrected chi connectivity index (χ2v) is 4.62. The number of nitrogens with zero attached hydrogens (tertiary/aromatic N) is 1. The molecule has 1 aromatic rings. The normalized spacial score (nSPS) is 12.2. The first-order chi connectivity index (χ1) is 9.21. The SMILES string of the molecule is CCCC(CCO)CNC(=O)c1ccnc(CN)c1. The molecule has 1 atom stereocenters. The van der Waals surface area contributed by atoms with Gasteiger partial charge in [0.05, 0.1) is 5.69 Å². The van der Waals surface area contributed by atoms with Gasteiger partial charge in [-0.05, 0) is 30.9 Å². The molecular weight excluding hydrogens is 242 g/mol. The molecular formula is C14H23N3O2. The molecule has 0 spiro atoms. The Morgan fingerprint density at radius 1 is 1.53 bits per heavy atom. The summed E-state index contributed by atoms with van der Waals surface area (Å²) in [7, 11) is 0. The quantitative estimate of drug-likeness (QED) is 0.656. The maximum absolute atomic E-state index is 12.0. The fourth-order valence-electron chi connectivity index (χ4n) is 2.01. The largest absolute Gasteiger partial charge is 0.396 e. The van der Waals surface area contributed by atoms with E-state index in [1.165, 1.54) is 0 Å². The molecule has 0 fully saturated rings. The number of aromatic nitrogens is 1. The van der Waals surface area contributed by atoms with E-state index in [4.69, 9.17) is 10.8 Å². The average molecular weight is 265 g/mol. The fourth-order valence-corrected chi connectivity index (χ4v) is 2.01. The number of carbonyl (C=O) groups excluding carboxylic acids is 1. The predicted octanol–water partition coefficient (Wildman–Crippen LogP) is 1.07. The number of pyridine rings is 1. The third-order valence-electron chi connectivity index (χ3n) is 3.07. The van der Waals surface area contributed by atoms with E-state index in [-0.39, 0.29) is 12.5 Å². The first-order valence-electron chi connectivity index (χ1n) is 6.75. The van der Waals surface area contributed by atoms with Crippen LogP contribution in [0, 0.1) is 5.92 Å². The Morgan fingerprint density at radius 2 is 2.32 bits per heavy atom. The highest BCUT2D eigenvalue weighted by Gasteiger charge is 2.11. The molecule has 4 N–H and O–H groups in total. The van der Waals surface area contributed by atoms with Crippen molar-refractivity contribution < 1.29 is 9.90 Å². The zero-order chi connectivity index (χ0) is 14.1. The van der Waals surface area contributed by atoms with Crippen molar-refractivity contribution in [2.24, 2.45) is 11.7 Å². The van der Waals surface area contributed by atoms with Gasteiger partial charge >= 0.3 is 0 Å². The molecule has 0 aromatic carbocycles. The van der Waals surface area contributed by atoms with E-state index >= 15 is 0 Å². The summed E-state index contributed by atoms with van der Waals surface area (Å²) in [6, 6.07) is 3.38. The van der Waals surface area contributed by atoms with Gasteiger partial charge in [0.15, 0.2) is 0 Å². The maximum atomic E-state index is 12.0. The van der Waals surface area contributed by atoms with Crippen LogP contribution in [-0.2, 0) is 6.54 Å². The minimum absolute atomic E-state index is 0.115. The van der Waals surface area contributed by atoms with Gasteiger partial charge in [-0.2, -0.15) is 0 Å². The van der Waals surface area contributed by atoms with Crippen molar-refractivity contribution in [2.75, 3.05) is 13.2 Å². The summed E-state index contributed by atoms with van der Waals surface area (Å²) in [5.74, 6) is 0.214. The van der Waals surface area contributed by atoms with E-state index < -0.39 is 0 Å². The van der Waals surface area contributed by atoms with Crippen LogP contribution in [0.15, 0.2) is 18.3 Å². The number of amides is 1. The smallest absolute Gasteiger partial charge is 0.251 e. The number of hydrogen-bond donors (Lipinski definition) is 3. The highest BCUT2D eigenvalue weighted by atomic mass is 16.3. The van der Waals surface area contributed by atoms with Gasteiger partial charge < -0.3 is 16.2 Å². The first kappa shape index (κ1) is 15.6. The molecule has 1 heterocycles. The molecule has 0 aliphatic carbocycles. The van der Waals surface area contributed by atoms with Crippen LogP contribution in [0.2, 0.25) is 0 Å². The van der Waals surface area contributed by atoms with Crippen LogP contribution in [0.1, 0.15) is 42.2 Å². The van der Waals surface area contributed by atoms with E-state index in [2.05, 4.69) is 17.2 Å². The van der Waals surface area contributed by atoms with E-state index in [1.54, 1.807) is 18.3 Å². The number of nitrogens with one attached hydrogen (secondary N) is 1. The fraction of sp³-hybridized carbons (Fsp3) is 0.571. The Balaban J connectivity index is 2.53. The topological polar surface area (TPSA) is 88.2 Å². The Kier molecular flexibility index (Phi) is 7.07. The van der Waals surface area contributed by atoms with Crippen molar-refractivity contribution in [3.63, 3.8) is 0 Å². The highest BCUT2D eigenvalue weighted by Crippen LogP contribution is 2.10. The molecule has 1 unspecified atom stereocenters. The van der Waals surface area contributed by atoms with Crippen molar-refractivity contribution >= 4 is 5.91 Å². The zero-order valence-corrected chi connectivity index (χ0v) is 11.4. The molecule has 0 aliphatic heterocycles. The average Bonchev–Trinajstić information content (AvgIpc) is 2.45. The lowest BCUT2D eigenvalue weighted by Gasteiger charge is -2.15. The van der Waals surface area contributed by atoms with E-state index in [0.717, 1.165) is 19.3 Å². The third kappa shape index (κ3) is 5.36. The molecule has 1 amide bonds. The van der Waals surface area contributed by atoms with E-state index in [1.807, 2.05) is 0 Å². The Hall–Kier alpha value is -1.46. The van der Waals surface area contributed by atoms with Crippen LogP contribution in [0.5, 0.6) is 0 Å². The van der Waals surface area contributed by atoms with Crippen LogP contribution in [0.4, 0.5) is 0 Å². The Morgan fingerprint density at radius 3 is 2.95 bits per heavy atom. The van der Waals surface area contributed by atoms with Crippen molar-refractivity contribution in [2.45, 2.75) is 32.7 Å². The van der Waals surface area contributed by atoms with Gasteiger partial charge in [-0.25, -0.2) is 0 Å². The zero-order valence-electron chi connectivity index (χ0n) is 11.4. The standard InChI is InChI=1S/C14H23N3O2/c1-2-3-11(5-7-18)10-17-14(19)12-4-6-16-13(8-12)9-15/h4,6,8,11,18H,2-3,5,7,9-10,15H2,1H3,(H,17,19). The molecule has 0 saturated carbocycles. The van der Waals surface area contributed by atoms with Gasteiger partial charge in [-0.15, -0.1) is 0 Å². The maximum Gasteiger partial charge on any atom is 0.251 e. The van der Waals surface area contributed by atoms with Gasteiger partial charge in [0, 0.05) is 31.5 Å². The Bertz CT molecular complexity index is 390. The van der Waals surface area contributed by atoms with Crippen LogP contribution in [0.25, 0.3) is 0 Å². The molecule has 0 saturated heterocycles. The summed E-state index contributed by atoms with van der Waals surface area (Å²) < 4.78 is 0. The number of hydrogen-bond acceptors (Lipinski definition) is 4.